The van der Waals surface area contributed by atoms with E-state index in [4.69, 9.17) is 21.0 Å². The maximum atomic E-state index is 8.70. The molecule has 35 heavy (non-hydrogen) atoms. The second kappa shape index (κ2) is 23.7. The van der Waals surface area contributed by atoms with E-state index in [0.717, 1.165) is 26.2 Å². The summed E-state index contributed by atoms with van der Waals surface area (Å²) in [6, 6.07) is 7.39. The Bertz CT molecular complexity index is 788. The molecule has 0 bridgehead atoms. The average molecular weight is 475 g/mol. The maximum Gasteiger partial charge on any atom is 0.129 e. The Kier molecular flexibility index (Phi) is 21.3. The smallest absolute Gasteiger partial charge is 0.129 e. The fourth-order valence-corrected chi connectivity index (χ4v) is 3.53. The van der Waals surface area contributed by atoms with Crippen molar-refractivity contribution in [3.63, 3.8) is 0 Å². The van der Waals surface area contributed by atoms with E-state index >= 15 is 0 Å². The molecule has 1 aliphatic rings. The summed E-state index contributed by atoms with van der Waals surface area (Å²) >= 11 is 0. The summed E-state index contributed by atoms with van der Waals surface area (Å²) in [7, 11) is 0. The Hall–Kier alpha value is -3.48. The molecule has 0 aliphatic carbocycles. The van der Waals surface area contributed by atoms with Crippen molar-refractivity contribution in [2.24, 2.45) is 0 Å². The third-order valence-electron chi connectivity index (χ3n) is 5.59. The van der Waals surface area contributed by atoms with Gasteiger partial charge in [0.15, 0.2) is 0 Å². The second-order valence-corrected chi connectivity index (χ2v) is 8.54. The Morgan fingerprint density at radius 1 is 0.686 bits per heavy atom. The molecule has 6 heteroatoms. The second-order valence-electron chi connectivity index (χ2n) is 8.54. The summed E-state index contributed by atoms with van der Waals surface area (Å²) in [5.41, 5.74) is 0.307. The number of rotatable bonds is 14. The summed E-state index contributed by atoms with van der Waals surface area (Å²) in [5, 5.41) is 34.4. The van der Waals surface area contributed by atoms with Gasteiger partial charge in [-0.3, -0.25) is 0 Å². The van der Waals surface area contributed by atoms with E-state index in [9.17, 15) is 0 Å². The van der Waals surface area contributed by atoms with Gasteiger partial charge in [-0.2, -0.15) is 21.0 Å². The van der Waals surface area contributed by atoms with Gasteiger partial charge < -0.3 is 9.80 Å². The molecule has 1 saturated heterocycles. The van der Waals surface area contributed by atoms with Gasteiger partial charge in [-0.25, -0.2) is 0 Å². The molecule has 1 heterocycles. The van der Waals surface area contributed by atoms with E-state index in [1.54, 1.807) is 18.2 Å². The number of piperidine rings is 1. The SMILES string of the molecule is CCCCCCN(/C=C/C=C(C#N)C#N)CCCCCC.N#CC(C#N)=C/C=C/N1CCCCC1. The highest BCUT2D eigenvalue weighted by Crippen LogP contribution is 2.09. The van der Waals surface area contributed by atoms with Gasteiger partial charge in [0, 0.05) is 26.2 Å². The molecule has 0 unspecified atom stereocenters. The first-order chi connectivity index (χ1) is 17.1. The van der Waals surface area contributed by atoms with E-state index < -0.39 is 0 Å². The van der Waals surface area contributed by atoms with Crippen molar-refractivity contribution in [3.05, 3.63) is 47.9 Å². The van der Waals surface area contributed by atoms with Crippen molar-refractivity contribution in [2.45, 2.75) is 84.5 Å². The lowest BCUT2D eigenvalue weighted by atomic mass is 10.1. The minimum Gasteiger partial charge on any atom is -0.377 e. The average Bonchev–Trinajstić information content (AvgIpc) is 2.90. The lowest BCUT2D eigenvalue weighted by molar-refractivity contribution is 0.309. The van der Waals surface area contributed by atoms with Gasteiger partial charge in [0.25, 0.3) is 0 Å². The van der Waals surface area contributed by atoms with Crippen LogP contribution in [0, 0.1) is 45.3 Å². The minimum atomic E-state index is 0.151. The summed E-state index contributed by atoms with van der Waals surface area (Å²) < 4.78 is 0. The van der Waals surface area contributed by atoms with Crippen LogP contribution in [-0.2, 0) is 0 Å². The van der Waals surface area contributed by atoms with Gasteiger partial charge in [-0.15, -0.1) is 0 Å². The van der Waals surface area contributed by atoms with Gasteiger partial charge in [0.2, 0.25) is 0 Å². The first kappa shape index (κ1) is 31.5. The number of nitrogens with zero attached hydrogens (tertiary/aromatic N) is 6. The fraction of sp³-hybridized carbons (Fsp3) is 0.586. The Labute approximate surface area is 213 Å². The van der Waals surface area contributed by atoms with Crippen molar-refractivity contribution >= 4 is 0 Å². The standard InChI is InChI=1S/C18H29N3.C11H13N3/c1-3-5-7-9-13-21(14-10-8-6-4-2)15-11-12-18(16-19)17-20;12-9-11(10-13)5-4-8-14-6-2-1-3-7-14/h11-12,15H,3-10,13-14H2,1-2H3;4-5,8H,1-3,6-7H2/b15-11+;8-4+. The molecule has 0 saturated carbocycles. The topological polar surface area (TPSA) is 102 Å². The highest BCUT2D eigenvalue weighted by atomic mass is 15.1. The highest BCUT2D eigenvalue weighted by Gasteiger charge is 2.04. The van der Waals surface area contributed by atoms with E-state index in [1.165, 1.54) is 70.6 Å². The van der Waals surface area contributed by atoms with Crippen LogP contribution in [0.5, 0.6) is 0 Å². The molecule has 0 aromatic rings. The molecule has 0 N–H and O–H groups in total. The predicted octanol–water partition coefficient (Wildman–Crippen LogP) is 6.90. The monoisotopic (exact) mass is 474 g/mol. The summed E-state index contributed by atoms with van der Waals surface area (Å²) in [4.78, 5) is 4.53. The summed E-state index contributed by atoms with van der Waals surface area (Å²) in [5.74, 6) is 0. The van der Waals surface area contributed by atoms with Gasteiger partial charge in [-0.05, 0) is 68.8 Å². The zero-order chi connectivity index (χ0) is 26.0. The number of hydrogen-bond acceptors (Lipinski definition) is 6. The molecule has 6 nitrogen and oxygen atoms in total. The Morgan fingerprint density at radius 3 is 1.63 bits per heavy atom. The number of likely N-dealkylation sites (tertiary alicyclic amines) is 1. The van der Waals surface area contributed by atoms with Crippen molar-refractivity contribution in [1.82, 2.24) is 9.80 Å². The zero-order valence-electron chi connectivity index (χ0n) is 21.8. The first-order valence-electron chi connectivity index (χ1n) is 13.0. The molecular weight excluding hydrogens is 432 g/mol. The van der Waals surface area contributed by atoms with Gasteiger partial charge >= 0.3 is 0 Å². The summed E-state index contributed by atoms with van der Waals surface area (Å²) in [6.07, 6.45) is 24.5. The molecule has 1 rings (SSSR count). The van der Waals surface area contributed by atoms with Crippen molar-refractivity contribution < 1.29 is 0 Å². The quantitative estimate of drug-likeness (QED) is 0.154. The van der Waals surface area contributed by atoms with Crippen molar-refractivity contribution in [1.29, 1.82) is 21.0 Å². The molecule has 1 fully saturated rings. The lowest BCUT2D eigenvalue weighted by Gasteiger charge is -2.24. The predicted molar refractivity (Wildman–Crippen MR) is 142 cm³/mol. The maximum absolute atomic E-state index is 8.70. The molecule has 188 valence electrons. The van der Waals surface area contributed by atoms with Gasteiger partial charge in [0.1, 0.15) is 35.4 Å². The van der Waals surface area contributed by atoms with Gasteiger partial charge in [0.05, 0.1) is 0 Å². The molecule has 0 spiro atoms. The fourth-order valence-electron chi connectivity index (χ4n) is 3.53. The van der Waals surface area contributed by atoms with Crippen LogP contribution in [0.1, 0.15) is 84.5 Å². The number of allylic oxidation sites excluding steroid dienone is 6. The van der Waals surface area contributed by atoms with Crippen LogP contribution in [0.4, 0.5) is 0 Å². The van der Waals surface area contributed by atoms with Crippen LogP contribution < -0.4 is 0 Å². The van der Waals surface area contributed by atoms with Crippen LogP contribution in [-0.4, -0.2) is 36.0 Å². The number of unbranched alkanes of at least 4 members (excludes halogenated alkanes) is 6. The normalized spacial score (nSPS) is 12.5. The molecule has 0 amide bonds. The zero-order valence-corrected chi connectivity index (χ0v) is 21.8. The lowest BCUT2D eigenvalue weighted by Crippen LogP contribution is -2.23. The minimum absolute atomic E-state index is 0.151. The molecule has 0 aromatic carbocycles. The van der Waals surface area contributed by atoms with Crippen LogP contribution >= 0.6 is 0 Å². The van der Waals surface area contributed by atoms with Crippen LogP contribution in [0.2, 0.25) is 0 Å². The Balaban J connectivity index is 0.000000712. The van der Waals surface area contributed by atoms with E-state index in [2.05, 4.69) is 23.6 Å². The van der Waals surface area contributed by atoms with Gasteiger partial charge in [-0.1, -0.05) is 52.4 Å². The highest BCUT2D eigenvalue weighted by molar-refractivity contribution is 5.38. The van der Waals surface area contributed by atoms with Crippen molar-refractivity contribution in [2.75, 3.05) is 26.2 Å². The Morgan fingerprint density at radius 2 is 1.17 bits per heavy atom. The molecule has 0 atom stereocenters. The molecule has 0 aromatic heterocycles. The summed E-state index contributed by atoms with van der Waals surface area (Å²) in [6.45, 7) is 8.73. The number of nitriles is 4. The third kappa shape index (κ3) is 18.6. The molecule has 1 aliphatic heterocycles. The van der Waals surface area contributed by atoms with Crippen LogP contribution in [0.25, 0.3) is 0 Å². The van der Waals surface area contributed by atoms with Crippen LogP contribution in [0.3, 0.4) is 0 Å². The molecule has 0 radical (unpaired) electrons. The van der Waals surface area contributed by atoms with Crippen LogP contribution in [0.15, 0.2) is 47.9 Å². The van der Waals surface area contributed by atoms with E-state index in [1.807, 2.05) is 42.8 Å². The first-order valence-corrected chi connectivity index (χ1v) is 13.0. The number of hydrogen-bond donors (Lipinski definition) is 0. The van der Waals surface area contributed by atoms with Crippen molar-refractivity contribution in [3.8, 4) is 24.3 Å². The molecular formula is C29H42N6. The van der Waals surface area contributed by atoms with E-state index in [-0.39, 0.29) is 11.1 Å². The third-order valence-corrected chi connectivity index (χ3v) is 5.59. The largest absolute Gasteiger partial charge is 0.377 e. The van der Waals surface area contributed by atoms with E-state index in [0.29, 0.717) is 0 Å².